The van der Waals surface area contributed by atoms with E-state index in [-0.39, 0.29) is 12.6 Å². The molecule has 1 fully saturated rings. The molecule has 1 saturated heterocycles. The molecule has 0 unspecified atom stereocenters. The SMILES string of the molecule is CC(=O)O[C@H]1CCN(C(=O)OCc2ccccc2)[C@@H]1C#Cc1ccccc1. The van der Waals surface area contributed by atoms with Gasteiger partial charge in [-0.3, -0.25) is 9.69 Å². The summed E-state index contributed by atoms with van der Waals surface area (Å²) in [4.78, 5) is 25.5. The molecule has 5 heteroatoms. The second-order valence-corrected chi connectivity index (χ2v) is 6.25. The fraction of sp³-hybridized carbons (Fsp3) is 0.273. The Kier molecular flexibility index (Phi) is 6.11. The fourth-order valence-electron chi connectivity index (χ4n) is 2.96. The molecule has 138 valence electrons. The molecule has 0 saturated carbocycles. The van der Waals surface area contributed by atoms with Crippen LogP contribution >= 0.6 is 0 Å². The van der Waals surface area contributed by atoms with Crippen molar-refractivity contribution in [3.8, 4) is 11.8 Å². The third-order valence-electron chi connectivity index (χ3n) is 4.24. The number of hydrogen-bond donors (Lipinski definition) is 0. The normalized spacial score (nSPS) is 18.3. The second kappa shape index (κ2) is 8.91. The van der Waals surface area contributed by atoms with Gasteiger partial charge in [0.15, 0.2) is 0 Å². The monoisotopic (exact) mass is 363 g/mol. The van der Waals surface area contributed by atoms with E-state index in [0.717, 1.165) is 11.1 Å². The molecule has 1 aliphatic rings. The summed E-state index contributed by atoms with van der Waals surface area (Å²) in [6.07, 6.45) is -0.377. The minimum Gasteiger partial charge on any atom is -0.459 e. The van der Waals surface area contributed by atoms with Crippen LogP contribution < -0.4 is 0 Å². The molecule has 2 aromatic carbocycles. The third-order valence-corrected chi connectivity index (χ3v) is 4.24. The smallest absolute Gasteiger partial charge is 0.411 e. The first-order valence-electron chi connectivity index (χ1n) is 8.84. The molecule has 1 amide bonds. The van der Waals surface area contributed by atoms with Gasteiger partial charge < -0.3 is 9.47 Å². The number of hydrogen-bond acceptors (Lipinski definition) is 4. The van der Waals surface area contributed by atoms with Crippen molar-refractivity contribution in [2.24, 2.45) is 0 Å². The Bertz CT molecular complexity index is 839. The molecule has 0 aliphatic carbocycles. The molecule has 5 nitrogen and oxygen atoms in total. The molecule has 0 spiro atoms. The van der Waals surface area contributed by atoms with Crippen molar-refractivity contribution in [3.63, 3.8) is 0 Å². The maximum atomic E-state index is 12.6. The van der Waals surface area contributed by atoms with Crippen LogP contribution in [0.3, 0.4) is 0 Å². The first-order valence-corrected chi connectivity index (χ1v) is 8.84. The second-order valence-electron chi connectivity index (χ2n) is 6.25. The zero-order valence-corrected chi connectivity index (χ0v) is 15.1. The number of carbonyl (C=O) groups is 2. The minimum atomic E-state index is -0.530. The highest BCUT2D eigenvalue weighted by atomic mass is 16.6. The molecule has 0 bridgehead atoms. The van der Waals surface area contributed by atoms with Crippen LogP contribution in [0.15, 0.2) is 60.7 Å². The van der Waals surface area contributed by atoms with Crippen molar-refractivity contribution in [1.82, 2.24) is 4.90 Å². The van der Waals surface area contributed by atoms with E-state index in [1.165, 1.54) is 11.8 Å². The lowest BCUT2D eigenvalue weighted by Crippen LogP contribution is -2.40. The highest BCUT2D eigenvalue weighted by Crippen LogP contribution is 2.22. The Morgan fingerprint density at radius 1 is 1.07 bits per heavy atom. The van der Waals surface area contributed by atoms with Crippen molar-refractivity contribution in [2.45, 2.75) is 32.1 Å². The van der Waals surface area contributed by atoms with Crippen molar-refractivity contribution in [1.29, 1.82) is 0 Å². The lowest BCUT2D eigenvalue weighted by molar-refractivity contribution is -0.146. The lowest BCUT2D eigenvalue weighted by atomic mass is 10.1. The number of esters is 1. The first kappa shape index (κ1) is 18.5. The van der Waals surface area contributed by atoms with Crippen LogP contribution in [0.1, 0.15) is 24.5 Å². The van der Waals surface area contributed by atoms with Crippen molar-refractivity contribution >= 4 is 12.1 Å². The summed E-state index contributed by atoms with van der Waals surface area (Å²) in [5.41, 5.74) is 1.75. The summed E-state index contributed by atoms with van der Waals surface area (Å²) in [5.74, 6) is 5.75. The Labute approximate surface area is 158 Å². The van der Waals surface area contributed by atoms with Crippen LogP contribution in [0, 0.1) is 11.8 Å². The maximum Gasteiger partial charge on any atom is 0.411 e. The summed E-state index contributed by atoms with van der Waals surface area (Å²) in [5, 5.41) is 0. The fourth-order valence-corrected chi connectivity index (χ4v) is 2.96. The van der Waals surface area contributed by atoms with Crippen LogP contribution in [0.4, 0.5) is 4.79 Å². The maximum absolute atomic E-state index is 12.6. The van der Waals surface area contributed by atoms with E-state index in [4.69, 9.17) is 9.47 Å². The van der Waals surface area contributed by atoms with Gasteiger partial charge in [-0.2, -0.15) is 0 Å². The molecule has 3 rings (SSSR count). The van der Waals surface area contributed by atoms with Gasteiger partial charge in [0.1, 0.15) is 18.8 Å². The van der Waals surface area contributed by atoms with Crippen molar-refractivity contribution < 1.29 is 19.1 Å². The van der Waals surface area contributed by atoms with Gasteiger partial charge >= 0.3 is 12.1 Å². The van der Waals surface area contributed by atoms with E-state index in [0.29, 0.717) is 13.0 Å². The van der Waals surface area contributed by atoms with Crippen molar-refractivity contribution in [2.75, 3.05) is 6.54 Å². The topological polar surface area (TPSA) is 55.8 Å². The van der Waals surface area contributed by atoms with Crippen LogP contribution in [-0.4, -0.2) is 35.7 Å². The number of carbonyl (C=O) groups excluding carboxylic acids is 2. The summed E-state index contributed by atoms with van der Waals surface area (Å²) in [6, 6.07) is 18.4. The molecule has 1 heterocycles. The highest BCUT2D eigenvalue weighted by molar-refractivity contribution is 5.70. The summed E-state index contributed by atoms with van der Waals surface area (Å²) >= 11 is 0. The average molecular weight is 363 g/mol. The van der Waals surface area contributed by atoms with E-state index in [1.807, 2.05) is 60.7 Å². The van der Waals surface area contributed by atoms with E-state index < -0.39 is 18.2 Å². The summed E-state index contributed by atoms with van der Waals surface area (Å²) in [7, 11) is 0. The molecular formula is C22H21NO4. The van der Waals surface area contributed by atoms with Gasteiger partial charge in [-0.25, -0.2) is 4.79 Å². The van der Waals surface area contributed by atoms with E-state index in [9.17, 15) is 9.59 Å². The molecule has 0 radical (unpaired) electrons. The lowest BCUT2D eigenvalue weighted by Gasteiger charge is -2.23. The molecule has 2 atom stereocenters. The van der Waals surface area contributed by atoms with Gasteiger partial charge in [0, 0.05) is 25.5 Å². The van der Waals surface area contributed by atoms with Gasteiger partial charge in [0.2, 0.25) is 0 Å². The van der Waals surface area contributed by atoms with E-state index in [2.05, 4.69) is 11.8 Å². The predicted octanol–water partition coefficient (Wildman–Crippen LogP) is 3.38. The average Bonchev–Trinajstić information content (AvgIpc) is 3.08. The van der Waals surface area contributed by atoms with Crippen LogP contribution in [0.2, 0.25) is 0 Å². The number of likely N-dealkylation sites (tertiary alicyclic amines) is 1. The van der Waals surface area contributed by atoms with E-state index >= 15 is 0 Å². The largest absolute Gasteiger partial charge is 0.459 e. The summed E-state index contributed by atoms with van der Waals surface area (Å²) in [6.45, 7) is 1.98. The van der Waals surface area contributed by atoms with Crippen molar-refractivity contribution in [3.05, 3.63) is 71.8 Å². The number of benzene rings is 2. The molecule has 0 N–H and O–H groups in total. The van der Waals surface area contributed by atoms with Crippen LogP contribution in [-0.2, 0) is 20.9 Å². The van der Waals surface area contributed by atoms with E-state index in [1.54, 1.807) is 0 Å². The minimum absolute atomic E-state index is 0.188. The number of amides is 1. The van der Waals surface area contributed by atoms with Gasteiger partial charge in [-0.15, -0.1) is 0 Å². The zero-order valence-electron chi connectivity index (χ0n) is 15.1. The van der Waals surface area contributed by atoms with Crippen LogP contribution in [0.5, 0.6) is 0 Å². The Hall–Kier alpha value is -3.26. The van der Waals surface area contributed by atoms with Gasteiger partial charge in [-0.05, 0) is 17.7 Å². The molecular weight excluding hydrogens is 342 g/mol. The Balaban J connectivity index is 1.72. The standard InChI is InChI=1S/C22H21NO4/c1-17(24)27-21-14-15-23(20(21)13-12-18-8-4-2-5-9-18)22(25)26-16-19-10-6-3-7-11-19/h2-11,20-21H,14-16H2,1H3/t20-,21+/m1/s1. The summed E-state index contributed by atoms with van der Waals surface area (Å²) < 4.78 is 10.8. The number of ether oxygens (including phenoxy) is 2. The molecule has 1 aliphatic heterocycles. The number of nitrogens with zero attached hydrogens (tertiary/aromatic N) is 1. The highest BCUT2D eigenvalue weighted by Gasteiger charge is 2.39. The van der Waals surface area contributed by atoms with Gasteiger partial charge in [0.05, 0.1) is 0 Å². The van der Waals surface area contributed by atoms with Gasteiger partial charge in [-0.1, -0.05) is 60.4 Å². The zero-order chi connectivity index (χ0) is 19.1. The Morgan fingerprint density at radius 3 is 2.41 bits per heavy atom. The van der Waals surface area contributed by atoms with Gasteiger partial charge in [0.25, 0.3) is 0 Å². The molecule has 2 aromatic rings. The number of rotatable bonds is 3. The van der Waals surface area contributed by atoms with Crippen LogP contribution in [0.25, 0.3) is 0 Å². The Morgan fingerprint density at radius 2 is 1.74 bits per heavy atom. The predicted molar refractivity (Wildman–Crippen MR) is 101 cm³/mol. The quantitative estimate of drug-likeness (QED) is 0.620. The molecule has 27 heavy (non-hydrogen) atoms. The first-order chi connectivity index (χ1) is 13.1. The third kappa shape index (κ3) is 5.11. The molecule has 0 aromatic heterocycles.